The first-order chi connectivity index (χ1) is 10.5. The zero-order chi connectivity index (χ0) is 16.1. The Balaban J connectivity index is 1.95. The Hall–Kier alpha value is -2.28. The van der Waals surface area contributed by atoms with Gasteiger partial charge in [0, 0.05) is 12.4 Å². The van der Waals surface area contributed by atoms with Crippen molar-refractivity contribution in [3.63, 3.8) is 0 Å². The minimum absolute atomic E-state index is 0.322. The average Bonchev–Trinajstić information content (AvgIpc) is 2.84. The summed E-state index contributed by atoms with van der Waals surface area (Å²) in [5.41, 5.74) is 5.48. The molecule has 116 valence electrons. The third-order valence-corrected chi connectivity index (χ3v) is 4.21. The zero-order valence-electron chi connectivity index (χ0n) is 12.1. The van der Waals surface area contributed by atoms with Crippen LogP contribution in [0.5, 0.6) is 0 Å². The summed E-state index contributed by atoms with van der Waals surface area (Å²) in [6.45, 7) is 5.96. The standard InChI is InChI=1S/C15H17N3O3S/c1-3-10-4-6-11(7-5-10)9(2)17-18-15-16-14(21)12(22-15)8-13(19)20/h4-7,12,17H,2-3,8H2,1H3,(H,19,20)(H,16,18,21)/p-1. The number of amides is 1. The quantitative estimate of drug-likeness (QED) is 0.743. The Kier molecular flexibility index (Phi) is 5.21. The van der Waals surface area contributed by atoms with E-state index in [1.807, 2.05) is 24.3 Å². The highest BCUT2D eigenvalue weighted by molar-refractivity contribution is 8.15. The van der Waals surface area contributed by atoms with Gasteiger partial charge >= 0.3 is 0 Å². The summed E-state index contributed by atoms with van der Waals surface area (Å²) in [4.78, 5) is 22.1. The molecule has 2 rings (SSSR count). The monoisotopic (exact) mass is 318 g/mol. The van der Waals surface area contributed by atoms with Crippen molar-refractivity contribution in [3.05, 3.63) is 42.0 Å². The maximum absolute atomic E-state index is 11.6. The van der Waals surface area contributed by atoms with Crippen molar-refractivity contribution >= 4 is 34.5 Å². The highest BCUT2D eigenvalue weighted by atomic mass is 32.2. The SMILES string of the molecule is C=C(NN=C1NC(=O)C(CC(=O)[O-])S1)c1ccc(CC)cc1. The van der Waals surface area contributed by atoms with Crippen LogP contribution in [0.3, 0.4) is 0 Å². The number of rotatable bonds is 6. The van der Waals surface area contributed by atoms with Gasteiger partial charge in [-0.3, -0.25) is 10.2 Å². The van der Waals surface area contributed by atoms with Crippen LogP contribution < -0.4 is 15.8 Å². The molecule has 1 fully saturated rings. The van der Waals surface area contributed by atoms with Gasteiger partial charge in [-0.25, -0.2) is 0 Å². The number of hydrogen-bond acceptors (Lipinski definition) is 6. The van der Waals surface area contributed by atoms with Crippen LogP contribution in [-0.2, 0) is 16.0 Å². The molecule has 1 aliphatic heterocycles. The van der Waals surface area contributed by atoms with Crippen molar-refractivity contribution in [1.29, 1.82) is 0 Å². The van der Waals surface area contributed by atoms with Crippen LogP contribution in [0.25, 0.3) is 5.70 Å². The molecule has 7 heteroatoms. The minimum Gasteiger partial charge on any atom is -0.550 e. The van der Waals surface area contributed by atoms with Crippen LogP contribution in [0.4, 0.5) is 0 Å². The van der Waals surface area contributed by atoms with E-state index >= 15 is 0 Å². The molecule has 1 amide bonds. The summed E-state index contributed by atoms with van der Waals surface area (Å²) in [7, 11) is 0. The minimum atomic E-state index is -1.26. The van der Waals surface area contributed by atoms with E-state index < -0.39 is 11.2 Å². The third kappa shape index (κ3) is 4.11. The van der Waals surface area contributed by atoms with Gasteiger partial charge < -0.3 is 15.2 Å². The van der Waals surface area contributed by atoms with Gasteiger partial charge in [0.05, 0.1) is 10.9 Å². The number of carbonyl (C=O) groups excluding carboxylic acids is 2. The molecule has 6 nitrogen and oxygen atoms in total. The van der Waals surface area contributed by atoms with Gasteiger partial charge in [-0.1, -0.05) is 49.5 Å². The molecule has 1 aliphatic rings. The normalized spacial score (nSPS) is 19.0. The lowest BCUT2D eigenvalue weighted by Crippen LogP contribution is -2.31. The molecular weight excluding hydrogens is 302 g/mol. The van der Waals surface area contributed by atoms with Crippen molar-refractivity contribution in [2.24, 2.45) is 5.10 Å². The predicted molar refractivity (Wildman–Crippen MR) is 84.6 cm³/mol. The van der Waals surface area contributed by atoms with E-state index in [2.05, 4.69) is 29.3 Å². The lowest BCUT2D eigenvalue weighted by molar-refractivity contribution is -0.305. The molecule has 22 heavy (non-hydrogen) atoms. The first-order valence-electron chi connectivity index (χ1n) is 6.79. The van der Waals surface area contributed by atoms with Crippen LogP contribution in [0.2, 0.25) is 0 Å². The molecule has 0 spiro atoms. The Morgan fingerprint density at radius 3 is 2.73 bits per heavy atom. The van der Waals surface area contributed by atoms with Crippen LogP contribution in [0.1, 0.15) is 24.5 Å². The number of aryl methyl sites for hydroxylation is 1. The molecule has 0 bridgehead atoms. The van der Waals surface area contributed by atoms with Crippen LogP contribution in [-0.4, -0.2) is 22.3 Å². The number of hydrogen-bond donors (Lipinski definition) is 2. The number of thioether (sulfide) groups is 1. The molecule has 1 saturated heterocycles. The first kappa shape index (κ1) is 16.1. The maximum atomic E-state index is 11.6. The van der Waals surface area contributed by atoms with Gasteiger partial charge in [0.2, 0.25) is 5.91 Å². The summed E-state index contributed by atoms with van der Waals surface area (Å²) >= 11 is 1.06. The van der Waals surface area contributed by atoms with E-state index in [1.165, 1.54) is 5.56 Å². The van der Waals surface area contributed by atoms with Gasteiger partial charge in [0.15, 0.2) is 5.17 Å². The highest BCUT2D eigenvalue weighted by Crippen LogP contribution is 2.22. The third-order valence-electron chi connectivity index (χ3n) is 3.13. The molecule has 1 aromatic carbocycles. The van der Waals surface area contributed by atoms with Gasteiger partial charge in [-0.2, -0.15) is 0 Å². The van der Waals surface area contributed by atoms with E-state index in [-0.39, 0.29) is 12.3 Å². The molecule has 1 aromatic rings. The maximum Gasteiger partial charge on any atom is 0.239 e. The Morgan fingerprint density at radius 2 is 2.14 bits per heavy atom. The van der Waals surface area contributed by atoms with Gasteiger partial charge in [-0.15, -0.1) is 5.10 Å². The molecule has 1 unspecified atom stereocenters. The summed E-state index contributed by atoms with van der Waals surface area (Å²) < 4.78 is 0. The molecule has 0 radical (unpaired) electrons. The molecule has 2 N–H and O–H groups in total. The fourth-order valence-corrected chi connectivity index (χ4v) is 2.78. The van der Waals surface area contributed by atoms with E-state index in [4.69, 9.17) is 0 Å². The number of hydrazone groups is 1. The number of carbonyl (C=O) groups is 2. The van der Waals surface area contributed by atoms with Crippen LogP contribution in [0, 0.1) is 0 Å². The summed E-state index contributed by atoms with van der Waals surface area (Å²) in [6.07, 6.45) is 0.625. The largest absolute Gasteiger partial charge is 0.550 e. The Bertz CT molecular complexity index is 625. The molecule has 1 heterocycles. The topological polar surface area (TPSA) is 93.6 Å². The smallest absolute Gasteiger partial charge is 0.239 e. The van der Waals surface area contributed by atoms with Crippen LogP contribution in [0.15, 0.2) is 35.9 Å². The van der Waals surface area contributed by atoms with Crippen LogP contribution >= 0.6 is 11.8 Å². The first-order valence-corrected chi connectivity index (χ1v) is 7.67. The van der Waals surface area contributed by atoms with Gasteiger partial charge in [0.25, 0.3) is 0 Å². The lowest BCUT2D eigenvalue weighted by atomic mass is 10.1. The van der Waals surface area contributed by atoms with E-state index in [0.29, 0.717) is 10.9 Å². The molecule has 0 aromatic heterocycles. The average molecular weight is 318 g/mol. The fourth-order valence-electron chi connectivity index (χ4n) is 1.87. The fraction of sp³-hybridized carbons (Fsp3) is 0.267. The van der Waals surface area contributed by atoms with Gasteiger partial charge in [-0.05, 0) is 17.5 Å². The second-order valence-corrected chi connectivity index (χ2v) is 5.92. The van der Waals surface area contributed by atoms with Crippen molar-refractivity contribution in [2.45, 2.75) is 25.0 Å². The zero-order valence-corrected chi connectivity index (χ0v) is 12.9. The van der Waals surface area contributed by atoms with Crippen molar-refractivity contribution in [1.82, 2.24) is 10.7 Å². The Labute approximate surface area is 132 Å². The van der Waals surface area contributed by atoms with Crippen molar-refractivity contribution < 1.29 is 14.7 Å². The summed E-state index contributed by atoms with van der Waals surface area (Å²) in [5, 5.41) is 16.7. The van der Waals surface area contributed by atoms with E-state index in [0.717, 1.165) is 23.7 Å². The number of nitrogens with zero attached hydrogens (tertiary/aromatic N) is 1. The molecule has 1 atom stereocenters. The summed E-state index contributed by atoms with van der Waals surface area (Å²) in [6, 6.07) is 7.90. The van der Waals surface area contributed by atoms with Crippen molar-refractivity contribution in [3.8, 4) is 0 Å². The van der Waals surface area contributed by atoms with Crippen molar-refractivity contribution in [2.75, 3.05) is 0 Å². The number of carboxylic acids is 1. The lowest BCUT2D eigenvalue weighted by Gasteiger charge is -2.07. The number of aliphatic carboxylic acids is 1. The number of amidine groups is 1. The number of nitrogens with one attached hydrogen (secondary N) is 2. The van der Waals surface area contributed by atoms with Gasteiger partial charge in [0.1, 0.15) is 0 Å². The predicted octanol–water partition coefficient (Wildman–Crippen LogP) is 0.452. The Morgan fingerprint density at radius 1 is 1.45 bits per heavy atom. The number of carboxylic acid groups (broad SMARTS) is 1. The number of benzene rings is 1. The molecule has 0 saturated carbocycles. The molecular formula is C15H16N3O3S-. The van der Waals surface area contributed by atoms with E-state index in [9.17, 15) is 14.7 Å². The summed E-state index contributed by atoms with van der Waals surface area (Å²) in [5.74, 6) is -1.64. The van der Waals surface area contributed by atoms with E-state index in [1.54, 1.807) is 0 Å². The highest BCUT2D eigenvalue weighted by Gasteiger charge is 2.30. The second-order valence-electron chi connectivity index (χ2n) is 4.73. The second kappa shape index (κ2) is 7.13. The molecule has 0 aliphatic carbocycles.